The highest BCUT2D eigenvalue weighted by molar-refractivity contribution is 5.81. The van der Waals surface area contributed by atoms with Crippen molar-refractivity contribution in [1.29, 1.82) is 0 Å². The van der Waals surface area contributed by atoms with E-state index >= 15 is 0 Å². The van der Waals surface area contributed by atoms with Crippen molar-refractivity contribution in [3.63, 3.8) is 0 Å². The fraction of sp³-hybridized carbons (Fsp3) is 0.818. The number of carboxylic acids is 1. The second-order valence-electron chi connectivity index (χ2n) is 4.83. The summed E-state index contributed by atoms with van der Waals surface area (Å²) in [4.78, 5) is 24.6. The molecule has 0 bridgehead atoms. The minimum absolute atomic E-state index is 0.0410. The largest absolute Gasteiger partial charge is 0.481 e. The molecule has 0 aliphatic carbocycles. The van der Waals surface area contributed by atoms with Crippen LogP contribution >= 0.6 is 0 Å². The second kappa shape index (κ2) is 4.82. The SMILES string of the molecule is CNCC(C)C(=O)N1CCC(C)(C(=O)O)C1. The maximum atomic E-state index is 11.9. The lowest BCUT2D eigenvalue weighted by atomic mass is 9.90. The second-order valence-corrected chi connectivity index (χ2v) is 4.83. The Bertz CT molecular complexity index is 293. The van der Waals surface area contributed by atoms with E-state index in [4.69, 9.17) is 5.11 Å². The molecular weight excluding hydrogens is 208 g/mol. The Balaban J connectivity index is 2.59. The lowest BCUT2D eigenvalue weighted by molar-refractivity contribution is -0.147. The zero-order valence-electron chi connectivity index (χ0n) is 10.1. The predicted molar refractivity (Wildman–Crippen MR) is 60.0 cm³/mol. The molecule has 1 rings (SSSR count). The zero-order chi connectivity index (χ0) is 12.3. The number of carbonyl (C=O) groups is 2. The molecule has 1 aliphatic rings. The van der Waals surface area contributed by atoms with Crippen molar-refractivity contribution in [2.24, 2.45) is 11.3 Å². The molecule has 92 valence electrons. The van der Waals surface area contributed by atoms with Crippen LogP contribution in [0.4, 0.5) is 0 Å². The maximum absolute atomic E-state index is 11.9. The van der Waals surface area contributed by atoms with Gasteiger partial charge in [-0.2, -0.15) is 0 Å². The Morgan fingerprint density at radius 1 is 1.56 bits per heavy atom. The molecule has 1 amide bonds. The van der Waals surface area contributed by atoms with Crippen LogP contribution in [-0.4, -0.2) is 48.6 Å². The molecule has 0 aromatic carbocycles. The molecule has 2 unspecified atom stereocenters. The number of rotatable bonds is 4. The van der Waals surface area contributed by atoms with E-state index in [9.17, 15) is 9.59 Å². The number of hydrogen-bond acceptors (Lipinski definition) is 3. The first-order chi connectivity index (χ1) is 7.40. The van der Waals surface area contributed by atoms with Gasteiger partial charge < -0.3 is 15.3 Å². The van der Waals surface area contributed by atoms with Crippen LogP contribution in [0.3, 0.4) is 0 Å². The molecule has 1 fully saturated rings. The summed E-state index contributed by atoms with van der Waals surface area (Å²) in [5.74, 6) is -0.871. The fourth-order valence-corrected chi connectivity index (χ4v) is 2.03. The van der Waals surface area contributed by atoms with Crippen LogP contribution in [0.25, 0.3) is 0 Å². The molecule has 2 N–H and O–H groups in total. The number of hydrogen-bond donors (Lipinski definition) is 2. The topological polar surface area (TPSA) is 69.6 Å². The highest BCUT2D eigenvalue weighted by Crippen LogP contribution is 2.30. The number of aliphatic carboxylic acids is 1. The van der Waals surface area contributed by atoms with Gasteiger partial charge in [0, 0.05) is 25.6 Å². The third-order valence-electron chi connectivity index (χ3n) is 3.23. The third-order valence-corrected chi connectivity index (χ3v) is 3.23. The van der Waals surface area contributed by atoms with Crippen LogP contribution in [0.1, 0.15) is 20.3 Å². The van der Waals surface area contributed by atoms with E-state index in [0.717, 1.165) is 0 Å². The van der Waals surface area contributed by atoms with Gasteiger partial charge in [-0.25, -0.2) is 0 Å². The normalized spacial score (nSPS) is 26.8. The van der Waals surface area contributed by atoms with Crippen LogP contribution < -0.4 is 5.32 Å². The van der Waals surface area contributed by atoms with Crippen molar-refractivity contribution in [1.82, 2.24) is 10.2 Å². The number of likely N-dealkylation sites (tertiary alicyclic amines) is 1. The van der Waals surface area contributed by atoms with Crippen LogP contribution in [0, 0.1) is 11.3 Å². The smallest absolute Gasteiger partial charge is 0.311 e. The molecule has 1 aliphatic heterocycles. The first kappa shape index (κ1) is 13.0. The first-order valence-corrected chi connectivity index (χ1v) is 5.57. The molecule has 0 spiro atoms. The van der Waals surface area contributed by atoms with Gasteiger partial charge in [0.1, 0.15) is 0 Å². The molecule has 0 aromatic heterocycles. The minimum Gasteiger partial charge on any atom is -0.481 e. The van der Waals surface area contributed by atoms with E-state index in [0.29, 0.717) is 26.1 Å². The summed E-state index contributed by atoms with van der Waals surface area (Å²) in [5.41, 5.74) is -0.769. The molecule has 2 atom stereocenters. The van der Waals surface area contributed by atoms with Gasteiger partial charge in [0.2, 0.25) is 5.91 Å². The molecule has 5 nitrogen and oxygen atoms in total. The van der Waals surface area contributed by atoms with Crippen molar-refractivity contribution >= 4 is 11.9 Å². The van der Waals surface area contributed by atoms with Gasteiger partial charge in [0.05, 0.1) is 5.41 Å². The fourth-order valence-electron chi connectivity index (χ4n) is 2.03. The highest BCUT2D eigenvalue weighted by Gasteiger charge is 2.42. The lowest BCUT2D eigenvalue weighted by Crippen LogP contribution is -2.39. The predicted octanol–water partition coefficient (Wildman–Crippen LogP) is 0.165. The van der Waals surface area contributed by atoms with E-state index in [1.807, 2.05) is 6.92 Å². The molecule has 1 saturated heterocycles. The van der Waals surface area contributed by atoms with Crippen molar-refractivity contribution in [3.8, 4) is 0 Å². The van der Waals surface area contributed by atoms with Crippen molar-refractivity contribution in [2.45, 2.75) is 20.3 Å². The highest BCUT2D eigenvalue weighted by atomic mass is 16.4. The van der Waals surface area contributed by atoms with E-state index in [1.54, 1.807) is 18.9 Å². The first-order valence-electron chi connectivity index (χ1n) is 5.57. The summed E-state index contributed by atoms with van der Waals surface area (Å²) >= 11 is 0. The number of nitrogens with zero attached hydrogens (tertiary/aromatic N) is 1. The molecule has 0 radical (unpaired) electrons. The Hall–Kier alpha value is -1.10. The van der Waals surface area contributed by atoms with Crippen LogP contribution in [0.2, 0.25) is 0 Å². The van der Waals surface area contributed by atoms with Crippen molar-refractivity contribution in [2.75, 3.05) is 26.7 Å². The standard InChI is InChI=1S/C11H20N2O3/c1-8(6-12-3)9(14)13-5-4-11(2,7-13)10(15)16/h8,12H,4-7H2,1-3H3,(H,15,16). The maximum Gasteiger partial charge on any atom is 0.311 e. The monoisotopic (exact) mass is 228 g/mol. The number of carbonyl (C=O) groups excluding carboxylic acids is 1. The summed E-state index contributed by atoms with van der Waals surface area (Å²) in [7, 11) is 1.80. The molecule has 1 heterocycles. The molecule has 5 heteroatoms. The van der Waals surface area contributed by atoms with Gasteiger partial charge >= 0.3 is 5.97 Å². The molecular formula is C11H20N2O3. The molecule has 0 aromatic rings. The Labute approximate surface area is 95.8 Å². The quantitative estimate of drug-likeness (QED) is 0.719. The van der Waals surface area contributed by atoms with Gasteiger partial charge in [-0.1, -0.05) is 6.92 Å². The van der Waals surface area contributed by atoms with Gasteiger partial charge in [-0.3, -0.25) is 9.59 Å². The van der Waals surface area contributed by atoms with E-state index in [-0.39, 0.29) is 11.8 Å². The summed E-state index contributed by atoms with van der Waals surface area (Å²) < 4.78 is 0. The molecule has 16 heavy (non-hydrogen) atoms. The van der Waals surface area contributed by atoms with Crippen LogP contribution in [0.5, 0.6) is 0 Å². The Morgan fingerprint density at radius 3 is 2.62 bits per heavy atom. The summed E-state index contributed by atoms with van der Waals surface area (Å²) in [6, 6.07) is 0. The van der Waals surface area contributed by atoms with Gasteiger partial charge in [0.15, 0.2) is 0 Å². The van der Waals surface area contributed by atoms with Gasteiger partial charge in [0.25, 0.3) is 0 Å². The number of nitrogens with one attached hydrogen (secondary N) is 1. The minimum atomic E-state index is -0.816. The van der Waals surface area contributed by atoms with Crippen molar-refractivity contribution in [3.05, 3.63) is 0 Å². The molecule has 0 saturated carbocycles. The summed E-state index contributed by atoms with van der Waals surface area (Å²) in [6.07, 6.45) is 0.542. The van der Waals surface area contributed by atoms with Crippen molar-refractivity contribution < 1.29 is 14.7 Å². The zero-order valence-corrected chi connectivity index (χ0v) is 10.1. The Morgan fingerprint density at radius 2 is 2.19 bits per heavy atom. The summed E-state index contributed by atoms with van der Waals surface area (Å²) in [6.45, 7) is 5.06. The number of carboxylic acid groups (broad SMARTS) is 1. The number of amides is 1. The average Bonchev–Trinajstić information content (AvgIpc) is 2.61. The lowest BCUT2D eigenvalue weighted by Gasteiger charge is -2.23. The third kappa shape index (κ3) is 2.52. The average molecular weight is 228 g/mol. The van der Waals surface area contributed by atoms with Gasteiger partial charge in [-0.05, 0) is 20.4 Å². The van der Waals surface area contributed by atoms with E-state index < -0.39 is 11.4 Å². The van der Waals surface area contributed by atoms with E-state index in [1.165, 1.54) is 0 Å². The van der Waals surface area contributed by atoms with Crippen LogP contribution in [0.15, 0.2) is 0 Å². The van der Waals surface area contributed by atoms with Crippen LogP contribution in [-0.2, 0) is 9.59 Å². The van der Waals surface area contributed by atoms with E-state index in [2.05, 4.69) is 5.32 Å². The summed E-state index contributed by atoms with van der Waals surface area (Å²) in [5, 5.41) is 12.0. The Kier molecular flexibility index (Phi) is 3.91. The van der Waals surface area contributed by atoms with Gasteiger partial charge in [-0.15, -0.1) is 0 Å².